The smallest absolute Gasteiger partial charge is 0.0645 e. The van der Waals surface area contributed by atoms with E-state index in [0.29, 0.717) is 12.1 Å². The van der Waals surface area contributed by atoms with Crippen LogP contribution in [-0.4, -0.2) is 6.54 Å². The number of aryl methyl sites for hydroxylation is 1. The van der Waals surface area contributed by atoms with Crippen LogP contribution < -0.4 is 5.32 Å². The Hall–Kier alpha value is -0.980. The van der Waals surface area contributed by atoms with E-state index in [2.05, 4.69) is 5.32 Å². The molecule has 1 heteroatoms. The fourth-order valence-electron chi connectivity index (χ4n) is 1.27. The summed E-state index contributed by atoms with van der Waals surface area (Å²) in [6, 6.07) is 4.33. The molecule has 1 heterocycles. The number of hydrogen-bond acceptors (Lipinski definition) is 1. The molecule has 1 aromatic rings. The van der Waals surface area contributed by atoms with Crippen molar-refractivity contribution in [3.63, 3.8) is 0 Å². The zero-order valence-corrected chi connectivity index (χ0v) is 5.78. The summed E-state index contributed by atoms with van der Waals surface area (Å²) in [7, 11) is 0. The Morgan fingerprint density at radius 1 is 1.60 bits per heavy atom. The second-order valence-corrected chi connectivity index (χ2v) is 2.53. The molecular weight excluding hydrogens is 122 g/mol. The van der Waals surface area contributed by atoms with Gasteiger partial charge in [0.1, 0.15) is 0 Å². The van der Waals surface area contributed by atoms with Gasteiger partial charge in [0.05, 0.1) is 2.74 Å². The minimum absolute atomic E-state index is 0.447. The molecule has 10 heavy (non-hydrogen) atoms. The van der Waals surface area contributed by atoms with Crippen molar-refractivity contribution in [1.82, 2.24) is 0 Å². The highest BCUT2D eigenvalue weighted by atomic mass is 14.9. The number of anilines is 1. The van der Waals surface area contributed by atoms with Gasteiger partial charge in [-0.3, -0.25) is 0 Å². The zero-order valence-electron chi connectivity index (χ0n) is 7.78. The van der Waals surface area contributed by atoms with Crippen molar-refractivity contribution in [3.8, 4) is 0 Å². The highest BCUT2D eigenvalue weighted by Crippen LogP contribution is 2.19. The van der Waals surface area contributed by atoms with Gasteiger partial charge in [0.15, 0.2) is 0 Å². The predicted octanol–water partition coefficient (Wildman–Crippen LogP) is 2.04. The lowest BCUT2D eigenvalue weighted by molar-refractivity contribution is 0.830. The summed E-state index contributed by atoms with van der Waals surface area (Å²) in [4.78, 5) is 0. The first-order chi connectivity index (χ1) is 5.77. The number of nitrogens with one attached hydrogen (secondary N) is 1. The minimum atomic E-state index is 0.447. The van der Waals surface area contributed by atoms with Crippen LogP contribution in [0.1, 0.15) is 14.7 Å². The fraction of sp³-hybridized carbons (Fsp3) is 0.333. The van der Waals surface area contributed by atoms with Gasteiger partial charge in [-0.2, -0.15) is 0 Å². The minimum Gasteiger partial charge on any atom is -0.385 e. The normalized spacial score (nSPS) is 18.4. The third-order valence-corrected chi connectivity index (χ3v) is 1.80. The van der Waals surface area contributed by atoms with E-state index >= 15 is 0 Å². The van der Waals surface area contributed by atoms with Crippen LogP contribution in [0.3, 0.4) is 0 Å². The number of rotatable bonds is 0. The molecule has 0 bridgehead atoms. The van der Waals surface area contributed by atoms with E-state index in [1.54, 1.807) is 6.07 Å². The summed E-state index contributed by atoms with van der Waals surface area (Å²) in [5.74, 6) is 0. The van der Waals surface area contributed by atoms with Gasteiger partial charge in [-0.05, 0) is 24.4 Å². The molecular formula is C9H11N. The average molecular weight is 135 g/mol. The third kappa shape index (κ3) is 0.878. The van der Waals surface area contributed by atoms with Crippen LogP contribution >= 0.6 is 0 Å². The maximum Gasteiger partial charge on any atom is 0.0645 e. The van der Waals surface area contributed by atoms with Crippen LogP contribution in [0.15, 0.2) is 24.2 Å². The van der Waals surface area contributed by atoms with Crippen molar-refractivity contribution < 1.29 is 2.74 Å². The van der Waals surface area contributed by atoms with Gasteiger partial charge in [0.25, 0.3) is 0 Å². The Labute approximate surface area is 63.9 Å². The van der Waals surface area contributed by atoms with Gasteiger partial charge >= 0.3 is 0 Å². The van der Waals surface area contributed by atoms with Gasteiger partial charge in [-0.1, -0.05) is 18.2 Å². The summed E-state index contributed by atoms with van der Waals surface area (Å²) >= 11 is 0. The second-order valence-electron chi connectivity index (χ2n) is 2.53. The molecule has 0 unspecified atom stereocenters. The Morgan fingerprint density at radius 3 is 3.60 bits per heavy atom. The molecule has 1 aliphatic heterocycles. The predicted molar refractivity (Wildman–Crippen MR) is 43.3 cm³/mol. The van der Waals surface area contributed by atoms with Crippen molar-refractivity contribution in [1.29, 1.82) is 0 Å². The molecule has 0 radical (unpaired) electrons. The lowest BCUT2D eigenvalue weighted by atomic mass is 10.0. The Bertz CT molecular complexity index is 310. The zero-order chi connectivity index (χ0) is 8.55. The lowest BCUT2D eigenvalue weighted by Gasteiger charge is -2.16. The SMILES string of the molecule is [2H]c1cc([2H])c2c(c1)CCCN2. The van der Waals surface area contributed by atoms with E-state index in [1.807, 2.05) is 6.07 Å². The average Bonchev–Trinajstić information content (AvgIpc) is 2.04. The van der Waals surface area contributed by atoms with E-state index in [1.165, 1.54) is 0 Å². The van der Waals surface area contributed by atoms with E-state index in [0.717, 1.165) is 30.6 Å². The largest absolute Gasteiger partial charge is 0.385 e. The molecule has 0 aromatic heterocycles. The van der Waals surface area contributed by atoms with Crippen molar-refractivity contribution in [3.05, 3.63) is 29.8 Å². The van der Waals surface area contributed by atoms with E-state index in [9.17, 15) is 0 Å². The van der Waals surface area contributed by atoms with Crippen molar-refractivity contribution in [2.45, 2.75) is 12.8 Å². The molecule has 0 fully saturated rings. The molecule has 52 valence electrons. The second kappa shape index (κ2) is 2.33. The van der Waals surface area contributed by atoms with Crippen molar-refractivity contribution in [2.75, 3.05) is 11.9 Å². The Balaban J connectivity index is 2.53. The first-order valence-corrected chi connectivity index (χ1v) is 3.61. The molecule has 0 spiro atoms. The van der Waals surface area contributed by atoms with Crippen LogP contribution in [0, 0.1) is 0 Å². The quantitative estimate of drug-likeness (QED) is 0.574. The van der Waals surface area contributed by atoms with Gasteiger partial charge in [-0.15, -0.1) is 0 Å². The Morgan fingerprint density at radius 2 is 2.60 bits per heavy atom. The van der Waals surface area contributed by atoms with Gasteiger partial charge in [0, 0.05) is 12.2 Å². The number of fused-ring (bicyclic) bond motifs is 1. The maximum absolute atomic E-state index is 7.61. The van der Waals surface area contributed by atoms with Crippen LogP contribution in [-0.2, 0) is 6.42 Å². The number of hydrogen-bond donors (Lipinski definition) is 1. The summed E-state index contributed by atoms with van der Waals surface area (Å²) in [5, 5.41) is 3.19. The topological polar surface area (TPSA) is 12.0 Å². The molecule has 1 N–H and O–H groups in total. The molecule has 0 amide bonds. The maximum atomic E-state index is 7.61. The first-order valence-electron chi connectivity index (χ1n) is 4.61. The van der Waals surface area contributed by atoms with Gasteiger partial charge in [-0.25, -0.2) is 0 Å². The number of para-hydroxylation sites is 1. The summed E-state index contributed by atoms with van der Waals surface area (Å²) in [5.41, 5.74) is 2.05. The third-order valence-electron chi connectivity index (χ3n) is 1.80. The summed E-state index contributed by atoms with van der Waals surface area (Å²) in [6.45, 7) is 0.955. The van der Waals surface area contributed by atoms with Gasteiger partial charge < -0.3 is 5.32 Å². The van der Waals surface area contributed by atoms with Crippen LogP contribution in [0.4, 0.5) is 5.69 Å². The first kappa shape index (κ1) is 4.02. The summed E-state index contributed by atoms with van der Waals surface area (Å²) in [6.07, 6.45) is 2.11. The highest BCUT2D eigenvalue weighted by molar-refractivity contribution is 5.52. The molecule has 0 atom stereocenters. The standard InChI is InChI=1S/C9H11N/c1-2-6-9-8(4-1)5-3-7-10-9/h1-2,4,6,10H,3,5,7H2/i1D,6D. The molecule has 1 nitrogen and oxygen atoms in total. The molecule has 0 saturated carbocycles. The molecule has 1 aromatic carbocycles. The van der Waals surface area contributed by atoms with Crippen molar-refractivity contribution >= 4 is 5.69 Å². The van der Waals surface area contributed by atoms with E-state index in [4.69, 9.17) is 2.74 Å². The van der Waals surface area contributed by atoms with Crippen LogP contribution in [0.5, 0.6) is 0 Å². The van der Waals surface area contributed by atoms with E-state index in [-0.39, 0.29) is 0 Å². The highest BCUT2D eigenvalue weighted by Gasteiger charge is 2.04. The van der Waals surface area contributed by atoms with E-state index < -0.39 is 0 Å². The number of benzene rings is 1. The van der Waals surface area contributed by atoms with Crippen molar-refractivity contribution in [2.24, 2.45) is 0 Å². The lowest BCUT2D eigenvalue weighted by Crippen LogP contribution is -2.10. The molecule has 1 aliphatic rings. The molecule has 0 aliphatic carbocycles. The molecule has 2 rings (SSSR count). The fourth-order valence-corrected chi connectivity index (χ4v) is 1.27. The summed E-state index contributed by atoms with van der Waals surface area (Å²) < 4.78 is 15.0. The van der Waals surface area contributed by atoms with Crippen LogP contribution in [0.2, 0.25) is 0 Å². The Kier molecular flexibility index (Phi) is 0.936. The van der Waals surface area contributed by atoms with Gasteiger partial charge in [0.2, 0.25) is 0 Å². The monoisotopic (exact) mass is 135 g/mol. The molecule has 0 saturated heterocycles. The van der Waals surface area contributed by atoms with Crippen LogP contribution in [0.25, 0.3) is 0 Å².